The third-order valence-corrected chi connectivity index (χ3v) is 3.46. The van der Waals surface area contributed by atoms with Gasteiger partial charge in [-0.15, -0.1) is 0 Å². The van der Waals surface area contributed by atoms with Crippen LogP contribution in [0.5, 0.6) is 0 Å². The number of aliphatic hydroxyl groups is 4. The number of carboxylic acids is 1. The quantitative estimate of drug-likeness (QED) is 0.295. The molecule has 22 heavy (non-hydrogen) atoms. The molecule has 10 heteroatoms. The summed E-state index contributed by atoms with van der Waals surface area (Å²) in [5, 5.41) is 49.9. The van der Waals surface area contributed by atoms with E-state index in [1.165, 1.54) is 14.0 Å². The molecular formula is C12H21NO9. The molecule has 0 bridgehead atoms. The van der Waals surface area contributed by atoms with Crippen LogP contribution in [0, 0.1) is 0 Å². The first-order chi connectivity index (χ1) is 10.2. The van der Waals surface area contributed by atoms with Crippen molar-refractivity contribution in [2.45, 2.75) is 49.6 Å². The second-order valence-corrected chi connectivity index (χ2v) is 5.12. The Hall–Kier alpha value is -1.30. The van der Waals surface area contributed by atoms with Crippen LogP contribution in [0.3, 0.4) is 0 Å². The Morgan fingerprint density at radius 3 is 2.45 bits per heavy atom. The van der Waals surface area contributed by atoms with Crippen molar-refractivity contribution in [2.75, 3.05) is 13.7 Å². The SMILES string of the molecule is CO[C@H]1[C@H]([C@H](O)[C@H](O)CO)O[C@](O)(C(=O)O)C[C@@H]1NC(C)=O. The lowest BCUT2D eigenvalue weighted by Crippen LogP contribution is -2.66. The maximum absolute atomic E-state index is 11.2. The summed E-state index contributed by atoms with van der Waals surface area (Å²) >= 11 is 0. The van der Waals surface area contributed by atoms with Crippen LogP contribution < -0.4 is 5.32 Å². The molecule has 0 radical (unpaired) electrons. The van der Waals surface area contributed by atoms with Gasteiger partial charge in [0.2, 0.25) is 5.91 Å². The second kappa shape index (κ2) is 7.31. The van der Waals surface area contributed by atoms with Gasteiger partial charge < -0.3 is 40.3 Å². The van der Waals surface area contributed by atoms with Crippen molar-refractivity contribution in [1.29, 1.82) is 0 Å². The molecule has 0 aromatic carbocycles. The number of methoxy groups -OCH3 is 1. The highest BCUT2D eigenvalue weighted by molar-refractivity contribution is 5.76. The second-order valence-electron chi connectivity index (χ2n) is 5.12. The predicted molar refractivity (Wildman–Crippen MR) is 69.6 cm³/mol. The molecule has 128 valence electrons. The monoisotopic (exact) mass is 323 g/mol. The average molecular weight is 323 g/mol. The standard InChI is InChI=1S/C12H21NO9/c1-5(15)13-6-3-12(20,11(18)19)22-10(9(6)21-2)8(17)7(16)4-14/h6-10,14,16-17,20H,3-4H2,1-2H3,(H,13,15)(H,18,19)/t6-,7+,8+,9+,10-,12-/m0/s1. The summed E-state index contributed by atoms with van der Waals surface area (Å²) in [4.78, 5) is 22.4. The van der Waals surface area contributed by atoms with E-state index in [2.05, 4.69) is 5.32 Å². The lowest BCUT2D eigenvalue weighted by atomic mass is 9.88. The van der Waals surface area contributed by atoms with Crippen LogP contribution in [0.1, 0.15) is 13.3 Å². The molecule has 1 saturated heterocycles. The van der Waals surface area contributed by atoms with Crippen LogP contribution in [0.2, 0.25) is 0 Å². The zero-order valence-electron chi connectivity index (χ0n) is 12.2. The number of aliphatic carboxylic acids is 1. The minimum absolute atomic E-state index is 0.502. The minimum atomic E-state index is -2.68. The van der Waals surface area contributed by atoms with Crippen molar-refractivity contribution in [3.8, 4) is 0 Å². The number of hydrogen-bond acceptors (Lipinski definition) is 8. The van der Waals surface area contributed by atoms with E-state index >= 15 is 0 Å². The zero-order chi connectivity index (χ0) is 17.1. The van der Waals surface area contributed by atoms with Gasteiger partial charge in [-0.25, -0.2) is 4.79 Å². The summed E-state index contributed by atoms with van der Waals surface area (Å²) in [6.45, 7) is 0.379. The first kappa shape index (κ1) is 18.7. The van der Waals surface area contributed by atoms with Crippen LogP contribution in [-0.2, 0) is 19.1 Å². The predicted octanol–water partition coefficient (Wildman–Crippen LogP) is -3.22. The molecule has 1 rings (SSSR count). The molecule has 6 N–H and O–H groups in total. The van der Waals surface area contributed by atoms with E-state index in [-0.39, 0.29) is 0 Å². The Morgan fingerprint density at radius 1 is 1.45 bits per heavy atom. The Kier molecular flexibility index (Phi) is 6.23. The number of aliphatic hydroxyl groups excluding tert-OH is 3. The van der Waals surface area contributed by atoms with Crippen molar-refractivity contribution in [2.24, 2.45) is 0 Å². The van der Waals surface area contributed by atoms with Gasteiger partial charge in [0.1, 0.15) is 24.4 Å². The van der Waals surface area contributed by atoms with Gasteiger partial charge in [-0.3, -0.25) is 4.79 Å². The molecule has 10 nitrogen and oxygen atoms in total. The molecule has 1 aliphatic rings. The molecule has 1 heterocycles. The topological polar surface area (TPSA) is 166 Å². The molecule has 0 aromatic rings. The fourth-order valence-electron chi connectivity index (χ4n) is 2.40. The van der Waals surface area contributed by atoms with Gasteiger partial charge in [0.25, 0.3) is 5.79 Å². The van der Waals surface area contributed by atoms with Crippen molar-refractivity contribution in [3.05, 3.63) is 0 Å². The van der Waals surface area contributed by atoms with E-state index in [4.69, 9.17) is 19.7 Å². The Bertz CT molecular complexity index is 417. The van der Waals surface area contributed by atoms with Crippen LogP contribution in [0.25, 0.3) is 0 Å². The third kappa shape index (κ3) is 3.91. The summed E-state index contributed by atoms with van der Waals surface area (Å²) in [6, 6.07) is -0.983. The smallest absolute Gasteiger partial charge is 0.364 e. The summed E-state index contributed by atoms with van der Waals surface area (Å²) in [7, 11) is 1.24. The van der Waals surface area contributed by atoms with Crippen LogP contribution in [-0.4, -0.2) is 87.4 Å². The molecule has 1 amide bonds. The molecule has 0 aliphatic carbocycles. The number of carboxylic acid groups (broad SMARTS) is 1. The van der Waals surface area contributed by atoms with Crippen molar-refractivity contribution in [3.63, 3.8) is 0 Å². The molecule has 1 fully saturated rings. The largest absolute Gasteiger partial charge is 0.477 e. The Morgan fingerprint density at radius 2 is 2.05 bits per heavy atom. The number of rotatable bonds is 6. The number of amides is 1. The van der Waals surface area contributed by atoms with Gasteiger partial charge in [0, 0.05) is 20.5 Å². The highest BCUT2D eigenvalue weighted by Crippen LogP contribution is 2.31. The highest BCUT2D eigenvalue weighted by Gasteiger charge is 2.54. The number of carbonyl (C=O) groups is 2. The normalized spacial score (nSPS) is 34.7. The van der Waals surface area contributed by atoms with Crippen LogP contribution >= 0.6 is 0 Å². The van der Waals surface area contributed by atoms with Gasteiger partial charge in [-0.1, -0.05) is 0 Å². The fourth-order valence-corrected chi connectivity index (χ4v) is 2.40. The zero-order valence-corrected chi connectivity index (χ0v) is 12.2. The number of ether oxygens (including phenoxy) is 2. The molecule has 6 atom stereocenters. The van der Waals surface area contributed by atoms with E-state index < -0.39 is 61.1 Å². The minimum Gasteiger partial charge on any atom is -0.477 e. The van der Waals surface area contributed by atoms with Crippen molar-refractivity contribution in [1.82, 2.24) is 5.32 Å². The van der Waals surface area contributed by atoms with E-state index in [9.17, 15) is 24.9 Å². The highest BCUT2D eigenvalue weighted by atomic mass is 16.7. The van der Waals surface area contributed by atoms with Crippen LogP contribution in [0.15, 0.2) is 0 Å². The number of hydrogen-bond donors (Lipinski definition) is 6. The molecule has 0 aromatic heterocycles. The van der Waals surface area contributed by atoms with E-state index in [1.807, 2.05) is 0 Å². The van der Waals surface area contributed by atoms with Crippen molar-refractivity contribution < 1.29 is 44.6 Å². The first-order valence-electron chi connectivity index (χ1n) is 6.56. The van der Waals surface area contributed by atoms with Gasteiger partial charge in [-0.2, -0.15) is 0 Å². The lowest BCUT2D eigenvalue weighted by molar-refractivity contribution is -0.301. The molecular weight excluding hydrogens is 302 g/mol. The average Bonchev–Trinajstić information content (AvgIpc) is 2.44. The maximum atomic E-state index is 11.2. The summed E-state index contributed by atoms with van der Waals surface area (Å²) in [5.74, 6) is -4.89. The molecule has 1 aliphatic heterocycles. The van der Waals surface area contributed by atoms with Gasteiger partial charge in [0.05, 0.1) is 12.6 Å². The molecule has 0 spiro atoms. The molecule has 0 saturated carbocycles. The van der Waals surface area contributed by atoms with Crippen molar-refractivity contribution >= 4 is 11.9 Å². The first-order valence-corrected chi connectivity index (χ1v) is 6.56. The van der Waals surface area contributed by atoms with E-state index in [0.29, 0.717) is 0 Å². The van der Waals surface area contributed by atoms with E-state index in [1.54, 1.807) is 0 Å². The summed E-state index contributed by atoms with van der Waals surface area (Å²) < 4.78 is 10.1. The summed E-state index contributed by atoms with van der Waals surface area (Å²) in [5.41, 5.74) is 0. The number of carbonyl (C=O) groups excluding carboxylic acids is 1. The Labute approximate surface area is 126 Å². The number of nitrogens with one attached hydrogen (secondary N) is 1. The van der Waals surface area contributed by atoms with Gasteiger partial charge >= 0.3 is 5.97 Å². The van der Waals surface area contributed by atoms with E-state index in [0.717, 1.165) is 0 Å². The summed E-state index contributed by atoms with van der Waals surface area (Å²) in [6.07, 6.45) is -6.42. The van der Waals surface area contributed by atoms with Gasteiger partial charge in [0.15, 0.2) is 0 Å². The van der Waals surface area contributed by atoms with Crippen LogP contribution in [0.4, 0.5) is 0 Å². The van der Waals surface area contributed by atoms with Gasteiger partial charge in [-0.05, 0) is 0 Å². The third-order valence-electron chi connectivity index (χ3n) is 3.46. The fraction of sp³-hybridized carbons (Fsp3) is 0.833. The Balaban J connectivity index is 3.13. The lowest BCUT2D eigenvalue weighted by Gasteiger charge is -2.45. The maximum Gasteiger partial charge on any atom is 0.364 e. The molecule has 0 unspecified atom stereocenters.